The lowest BCUT2D eigenvalue weighted by Crippen LogP contribution is -2.56. The number of halogens is 1. The third-order valence-electron chi connectivity index (χ3n) is 1.82. The first kappa shape index (κ1) is 10.2. The van der Waals surface area contributed by atoms with E-state index in [-0.39, 0.29) is 0 Å². The van der Waals surface area contributed by atoms with Crippen LogP contribution < -0.4 is 0 Å². The van der Waals surface area contributed by atoms with Gasteiger partial charge >= 0.3 is 0 Å². The molecule has 1 saturated heterocycles. The molecule has 12 heavy (non-hydrogen) atoms. The minimum Gasteiger partial charge on any atom is -0.394 e. The second-order valence-corrected chi connectivity index (χ2v) is 3.18. The highest BCUT2D eigenvalue weighted by Crippen LogP contribution is 2.23. The van der Waals surface area contributed by atoms with Gasteiger partial charge in [0.05, 0.1) is 6.61 Å². The maximum absolute atomic E-state index is 9.20. The summed E-state index contributed by atoms with van der Waals surface area (Å²) in [5.74, 6) is 0. The van der Waals surface area contributed by atoms with Crippen molar-refractivity contribution in [1.29, 1.82) is 0 Å². The normalized spacial score (nSPS) is 49.2. The van der Waals surface area contributed by atoms with E-state index in [0.29, 0.717) is 0 Å². The van der Waals surface area contributed by atoms with Gasteiger partial charge in [-0.2, -0.15) is 0 Å². The van der Waals surface area contributed by atoms with Gasteiger partial charge in [-0.1, -0.05) is 0 Å². The third kappa shape index (κ3) is 1.71. The number of alkyl halides is 1. The lowest BCUT2D eigenvalue weighted by atomic mass is 10.0. The highest BCUT2D eigenvalue weighted by molar-refractivity contribution is 6.21. The van der Waals surface area contributed by atoms with E-state index >= 15 is 0 Å². The maximum Gasteiger partial charge on any atom is 0.174 e. The molecule has 0 aromatic rings. The number of hydrogen-bond acceptors (Lipinski definition) is 5. The monoisotopic (exact) mass is 198 g/mol. The lowest BCUT2D eigenvalue weighted by Gasteiger charge is -2.37. The molecule has 0 aromatic heterocycles. The van der Waals surface area contributed by atoms with Gasteiger partial charge in [0.15, 0.2) is 6.29 Å². The molecule has 6 heteroatoms. The zero-order valence-electron chi connectivity index (χ0n) is 6.17. The molecule has 4 N–H and O–H groups in total. The summed E-state index contributed by atoms with van der Waals surface area (Å²) in [6.07, 6.45) is -4.89. The summed E-state index contributed by atoms with van der Waals surface area (Å²) in [5.41, 5.74) is 0. The summed E-state index contributed by atoms with van der Waals surface area (Å²) < 4.78 is 4.69. The molecule has 1 heterocycles. The largest absolute Gasteiger partial charge is 0.394 e. The average Bonchev–Trinajstić information content (AvgIpc) is 2.08. The van der Waals surface area contributed by atoms with Crippen molar-refractivity contribution in [3.63, 3.8) is 0 Å². The van der Waals surface area contributed by atoms with E-state index in [0.717, 1.165) is 0 Å². The fraction of sp³-hybridized carbons (Fsp3) is 1.00. The second kappa shape index (κ2) is 3.87. The lowest BCUT2D eigenvalue weighted by molar-refractivity contribution is -0.236. The Morgan fingerprint density at radius 2 is 1.75 bits per heavy atom. The standard InChI is InChI=1S/C6H11ClO5/c7-3-5(10)4(9)2(1-8)12-6(3)11/h2-6,8-11H,1H2/t2-,3-,4-,5-,6+/m1/s1. The van der Waals surface area contributed by atoms with Gasteiger partial charge in [-0.3, -0.25) is 0 Å². The van der Waals surface area contributed by atoms with Crippen molar-refractivity contribution >= 4 is 11.6 Å². The first-order chi connectivity index (χ1) is 5.57. The summed E-state index contributed by atoms with van der Waals surface area (Å²) in [4.78, 5) is 0. The van der Waals surface area contributed by atoms with Gasteiger partial charge in [-0.25, -0.2) is 0 Å². The van der Waals surface area contributed by atoms with E-state index in [9.17, 15) is 10.2 Å². The van der Waals surface area contributed by atoms with E-state index in [1.54, 1.807) is 0 Å². The van der Waals surface area contributed by atoms with Gasteiger partial charge in [-0.15, -0.1) is 11.6 Å². The molecule has 1 rings (SSSR count). The number of ether oxygens (including phenoxy) is 1. The molecule has 0 saturated carbocycles. The summed E-state index contributed by atoms with van der Waals surface area (Å²) in [7, 11) is 0. The molecule has 0 unspecified atom stereocenters. The van der Waals surface area contributed by atoms with Gasteiger partial charge in [0.1, 0.15) is 23.7 Å². The Bertz CT molecular complexity index is 150. The van der Waals surface area contributed by atoms with Crippen LogP contribution in [0.25, 0.3) is 0 Å². The molecular formula is C6H11ClO5. The Kier molecular flexibility index (Phi) is 3.28. The van der Waals surface area contributed by atoms with Crippen molar-refractivity contribution in [2.75, 3.05) is 6.61 Å². The molecule has 0 aliphatic carbocycles. The van der Waals surface area contributed by atoms with E-state index in [1.165, 1.54) is 0 Å². The number of rotatable bonds is 1. The maximum atomic E-state index is 9.20. The SMILES string of the molecule is OC[C@H]1O[C@H](O)[C@H](Cl)[C@@H](O)[C@@H]1O. The van der Waals surface area contributed by atoms with Crippen LogP contribution in [0.5, 0.6) is 0 Å². The molecule has 5 atom stereocenters. The fourth-order valence-corrected chi connectivity index (χ4v) is 1.27. The van der Waals surface area contributed by atoms with E-state index in [4.69, 9.17) is 26.6 Å². The molecule has 72 valence electrons. The number of aliphatic hydroxyl groups is 4. The van der Waals surface area contributed by atoms with Crippen LogP contribution in [-0.4, -0.2) is 57.0 Å². The number of hydrogen-bond donors (Lipinski definition) is 4. The van der Waals surface area contributed by atoms with Crippen LogP contribution in [0.15, 0.2) is 0 Å². The molecule has 1 aliphatic rings. The molecule has 0 amide bonds. The molecule has 0 bridgehead atoms. The average molecular weight is 199 g/mol. The summed E-state index contributed by atoms with van der Waals surface area (Å²) >= 11 is 5.47. The van der Waals surface area contributed by atoms with Crippen LogP contribution in [0.1, 0.15) is 0 Å². The van der Waals surface area contributed by atoms with Gasteiger partial charge in [0, 0.05) is 0 Å². The first-order valence-electron chi connectivity index (χ1n) is 3.52. The predicted molar refractivity (Wildman–Crippen MR) is 39.6 cm³/mol. The quantitative estimate of drug-likeness (QED) is 0.367. The minimum absolute atomic E-state index is 0.473. The van der Waals surface area contributed by atoms with Crippen LogP contribution in [-0.2, 0) is 4.74 Å². The predicted octanol–water partition coefficient (Wildman–Crippen LogP) is -1.97. The first-order valence-corrected chi connectivity index (χ1v) is 3.96. The van der Waals surface area contributed by atoms with Crippen molar-refractivity contribution in [2.24, 2.45) is 0 Å². The van der Waals surface area contributed by atoms with Gasteiger partial charge in [0.25, 0.3) is 0 Å². The van der Waals surface area contributed by atoms with Crippen LogP contribution in [0, 0.1) is 0 Å². The van der Waals surface area contributed by atoms with E-state index in [1.807, 2.05) is 0 Å². The third-order valence-corrected chi connectivity index (χ3v) is 2.30. The fourth-order valence-electron chi connectivity index (χ4n) is 1.06. The molecular weight excluding hydrogens is 188 g/mol. The molecule has 1 fully saturated rings. The Labute approximate surface area is 74.2 Å². The van der Waals surface area contributed by atoms with E-state index in [2.05, 4.69) is 0 Å². The van der Waals surface area contributed by atoms with Crippen molar-refractivity contribution < 1.29 is 25.2 Å². The van der Waals surface area contributed by atoms with Crippen LogP contribution in [0.2, 0.25) is 0 Å². The van der Waals surface area contributed by atoms with Crippen LogP contribution in [0.4, 0.5) is 0 Å². The highest BCUT2D eigenvalue weighted by atomic mass is 35.5. The van der Waals surface area contributed by atoms with Crippen LogP contribution in [0.3, 0.4) is 0 Å². The Morgan fingerprint density at radius 1 is 1.17 bits per heavy atom. The van der Waals surface area contributed by atoms with Crippen molar-refractivity contribution in [1.82, 2.24) is 0 Å². The Hall–Kier alpha value is 0.0900. The zero-order chi connectivity index (χ0) is 9.30. The topological polar surface area (TPSA) is 90.2 Å². The van der Waals surface area contributed by atoms with Crippen LogP contribution >= 0.6 is 11.6 Å². The van der Waals surface area contributed by atoms with Crippen molar-refractivity contribution in [3.05, 3.63) is 0 Å². The highest BCUT2D eigenvalue weighted by Gasteiger charge is 2.42. The van der Waals surface area contributed by atoms with Crippen molar-refractivity contribution in [2.45, 2.75) is 30.0 Å². The molecule has 5 nitrogen and oxygen atoms in total. The summed E-state index contributed by atoms with van der Waals surface area (Å²) in [6, 6.07) is 0. The minimum atomic E-state index is -1.36. The van der Waals surface area contributed by atoms with Gasteiger partial charge < -0.3 is 25.2 Å². The number of aliphatic hydroxyl groups excluding tert-OH is 4. The van der Waals surface area contributed by atoms with Crippen molar-refractivity contribution in [3.8, 4) is 0 Å². The smallest absolute Gasteiger partial charge is 0.174 e. The summed E-state index contributed by atoms with van der Waals surface area (Å²) in [5, 5.41) is 35.0. The van der Waals surface area contributed by atoms with Gasteiger partial charge in [0.2, 0.25) is 0 Å². The molecule has 1 aliphatic heterocycles. The molecule has 0 aromatic carbocycles. The second-order valence-electron chi connectivity index (χ2n) is 2.67. The molecule has 0 spiro atoms. The zero-order valence-corrected chi connectivity index (χ0v) is 6.92. The van der Waals surface area contributed by atoms with Gasteiger partial charge in [-0.05, 0) is 0 Å². The van der Waals surface area contributed by atoms with E-state index < -0.39 is 36.6 Å². The summed E-state index contributed by atoms with van der Waals surface area (Å²) in [6.45, 7) is -0.473. The Morgan fingerprint density at radius 3 is 2.25 bits per heavy atom. The molecule has 0 radical (unpaired) electrons. The Balaban J connectivity index is 2.63.